The summed E-state index contributed by atoms with van der Waals surface area (Å²) in [6, 6.07) is 11.5. The third kappa shape index (κ3) is 4.63. The monoisotopic (exact) mass is 399 g/mol. The van der Waals surface area contributed by atoms with E-state index >= 15 is 0 Å². The summed E-state index contributed by atoms with van der Waals surface area (Å²) >= 11 is 0.914. The molecule has 0 aliphatic carbocycles. The zero-order valence-corrected chi connectivity index (χ0v) is 15.9. The highest BCUT2D eigenvalue weighted by Gasteiger charge is 2.15. The van der Waals surface area contributed by atoms with E-state index in [0.717, 1.165) is 11.8 Å². The van der Waals surface area contributed by atoms with Gasteiger partial charge in [-0.2, -0.15) is 0 Å². The van der Waals surface area contributed by atoms with Crippen LogP contribution in [-0.2, 0) is 4.79 Å². The molecule has 1 heterocycles. The van der Waals surface area contributed by atoms with E-state index in [9.17, 15) is 15.0 Å². The van der Waals surface area contributed by atoms with Crippen LogP contribution in [0.4, 0.5) is 0 Å². The number of H-pyrrole nitrogens is 1. The van der Waals surface area contributed by atoms with Crippen LogP contribution >= 0.6 is 11.8 Å². The lowest BCUT2D eigenvalue weighted by Gasteiger charge is -2.06. The van der Waals surface area contributed by atoms with Crippen LogP contribution in [0.25, 0.3) is 17.5 Å². The number of hydrogen-bond acceptors (Lipinski definition) is 7. The molecule has 0 saturated carbocycles. The number of aromatic hydroxyl groups is 1. The molecule has 1 aromatic heterocycles. The van der Waals surface area contributed by atoms with Crippen molar-refractivity contribution < 1.29 is 24.5 Å². The van der Waals surface area contributed by atoms with Crippen molar-refractivity contribution in [3.63, 3.8) is 0 Å². The van der Waals surface area contributed by atoms with Gasteiger partial charge in [0.25, 0.3) is 0 Å². The number of nitrogens with zero attached hydrogens (tertiary/aromatic N) is 2. The number of ether oxygens (including phenoxy) is 2. The lowest BCUT2D eigenvalue weighted by atomic mass is 10.2. The highest BCUT2D eigenvalue weighted by Crippen LogP contribution is 2.31. The van der Waals surface area contributed by atoms with E-state index in [2.05, 4.69) is 15.2 Å². The van der Waals surface area contributed by atoms with Crippen molar-refractivity contribution in [3.8, 4) is 28.6 Å². The van der Waals surface area contributed by atoms with Gasteiger partial charge in [-0.15, -0.1) is 5.10 Å². The Morgan fingerprint density at radius 2 is 1.75 bits per heavy atom. The zero-order valence-electron chi connectivity index (χ0n) is 15.0. The summed E-state index contributed by atoms with van der Waals surface area (Å²) in [5.41, 5.74) is 1.32. The number of benzene rings is 2. The van der Waals surface area contributed by atoms with Crippen LogP contribution in [0.5, 0.6) is 17.2 Å². The minimum absolute atomic E-state index is 0.0412. The van der Waals surface area contributed by atoms with Crippen LogP contribution in [0.1, 0.15) is 5.56 Å². The Hall–Kier alpha value is -3.46. The fourth-order valence-electron chi connectivity index (χ4n) is 2.32. The smallest absolute Gasteiger partial charge is 0.342 e. The van der Waals surface area contributed by atoms with Crippen molar-refractivity contribution in [1.82, 2.24) is 15.2 Å². The minimum atomic E-state index is -1.10. The maximum Gasteiger partial charge on any atom is 0.342 e. The van der Waals surface area contributed by atoms with Gasteiger partial charge in [-0.25, -0.2) is 9.78 Å². The first-order chi connectivity index (χ1) is 13.5. The first-order valence-corrected chi connectivity index (χ1v) is 8.88. The van der Waals surface area contributed by atoms with Gasteiger partial charge in [0.05, 0.1) is 14.2 Å². The third-order valence-corrected chi connectivity index (χ3v) is 4.57. The Kier molecular flexibility index (Phi) is 5.85. The summed E-state index contributed by atoms with van der Waals surface area (Å²) in [4.78, 5) is 16.0. The standard InChI is InChI=1S/C19H17N3O5S/c1-26-14-8-12(9-15(10-14)27-2)17-20-19(22-21-17)28-16(18(24)25)7-11-3-5-13(23)6-4-11/h3-10,23H,1-2H3,(H,24,25)(H,20,21,22)/b16-7-. The van der Waals surface area contributed by atoms with E-state index in [1.165, 1.54) is 18.2 Å². The summed E-state index contributed by atoms with van der Waals surface area (Å²) in [6.45, 7) is 0. The number of aromatic nitrogens is 3. The fraction of sp³-hybridized carbons (Fsp3) is 0.105. The van der Waals surface area contributed by atoms with E-state index in [0.29, 0.717) is 28.5 Å². The number of methoxy groups -OCH3 is 2. The van der Waals surface area contributed by atoms with Crippen LogP contribution in [-0.4, -0.2) is 45.6 Å². The number of phenolic OH excluding ortho intramolecular Hbond substituents is 1. The number of nitrogens with one attached hydrogen (secondary N) is 1. The first kappa shape index (κ1) is 19.3. The van der Waals surface area contributed by atoms with Crippen molar-refractivity contribution in [2.75, 3.05) is 14.2 Å². The van der Waals surface area contributed by atoms with Crippen molar-refractivity contribution in [1.29, 1.82) is 0 Å². The zero-order chi connectivity index (χ0) is 20.1. The number of phenols is 1. The second kappa shape index (κ2) is 8.49. The summed E-state index contributed by atoms with van der Waals surface area (Å²) < 4.78 is 10.5. The van der Waals surface area contributed by atoms with Crippen molar-refractivity contribution in [2.45, 2.75) is 5.16 Å². The first-order valence-electron chi connectivity index (χ1n) is 8.06. The van der Waals surface area contributed by atoms with E-state index in [1.807, 2.05) is 0 Å². The second-order valence-electron chi connectivity index (χ2n) is 5.58. The molecule has 0 radical (unpaired) electrons. The molecule has 0 bridgehead atoms. The van der Waals surface area contributed by atoms with E-state index < -0.39 is 5.97 Å². The maximum atomic E-state index is 11.6. The van der Waals surface area contributed by atoms with Gasteiger partial charge in [0.2, 0.25) is 5.16 Å². The molecule has 0 aliphatic rings. The molecule has 0 fully saturated rings. The molecule has 3 rings (SSSR count). The molecule has 2 aromatic carbocycles. The van der Waals surface area contributed by atoms with Crippen molar-refractivity contribution >= 4 is 23.8 Å². The highest BCUT2D eigenvalue weighted by atomic mass is 32.2. The van der Waals surface area contributed by atoms with Gasteiger partial charge in [0.1, 0.15) is 22.2 Å². The highest BCUT2D eigenvalue weighted by molar-refractivity contribution is 8.04. The molecular formula is C19H17N3O5S. The molecule has 0 saturated heterocycles. The predicted octanol–water partition coefficient (Wildman–Crippen LogP) is 3.41. The van der Waals surface area contributed by atoms with Crippen molar-refractivity contribution in [2.24, 2.45) is 0 Å². The predicted molar refractivity (Wildman–Crippen MR) is 104 cm³/mol. The van der Waals surface area contributed by atoms with Crippen LogP contribution < -0.4 is 9.47 Å². The quantitative estimate of drug-likeness (QED) is 0.409. The summed E-state index contributed by atoms with van der Waals surface area (Å²) in [5.74, 6) is 0.646. The Bertz CT molecular complexity index is 992. The van der Waals surface area contributed by atoms with E-state index in [1.54, 1.807) is 44.6 Å². The molecule has 28 heavy (non-hydrogen) atoms. The molecule has 0 unspecified atom stereocenters. The second-order valence-corrected chi connectivity index (χ2v) is 6.58. The number of carboxylic acid groups (broad SMARTS) is 1. The van der Waals surface area contributed by atoms with Gasteiger partial charge in [0.15, 0.2) is 5.82 Å². The van der Waals surface area contributed by atoms with Gasteiger partial charge >= 0.3 is 5.97 Å². The summed E-state index contributed by atoms with van der Waals surface area (Å²) in [5, 5.41) is 25.9. The molecule has 3 aromatic rings. The molecule has 8 nitrogen and oxygen atoms in total. The molecule has 0 atom stereocenters. The number of aromatic amines is 1. The number of hydrogen-bond donors (Lipinski definition) is 3. The third-order valence-electron chi connectivity index (χ3n) is 3.69. The lowest BCUT2D eigenvalue weighted by Crippen LogP contribution is -1.97. The molecule has 144 valence electrons. The van der Waals surface area contributed by atoms with Crippen LogP contribution in [0.3, 0.4) is 0 Å². The minimum Gasteiger partial charge on any atom is -0.508 e. The van der Waals surface area contributed by atoms with E-state index in [4.69, 9.17) is 9.47 Å². The van der Waals surface area contributed by atoms with E-state index in [-0.39, 0.29) is 15.8 Å². The van der Waals surface area contributed by atoms with Gasteiger partial charge < -0.3 is 19.7 Å². The average molecular weight is 399 g/mol. The molecular weight excluding hydrogens is 382 g/mol. The van der Waals surface area contributed by atoms with Crippen molar-refractivity contribution in [3.05, 3.63) is 52.9 Å². The van der Waals surface area contributed by atoms with Gasteiger partial charge in [0, 0.05) is 11.6 Å². The number of aliphatic carboxylic acids is 1. The Morgan fingerprint density at radius 1 is 1.11 bits per heavy atom. The number of thioether (sulfide) groups is 1. The topological polar surface area (TPSA) is 118 Å². The fourth-order valence-corrected chi connectivity index (χ4v) is 3.03. The van der Waals surface area contributed by atoms with Crippen LogP contribution in [0, 0.1) is 0 Å². The largest absolute Gasteiger partial charge is 0.508 e. The molecule has 3 N–H and O–H groups in total. The number of rotatable bonds is 7. The molecule has 0 spiro atoms. The SMILES string of the molecule is COc1cc(OC)cc(-c2nc(S/C(=C\c3ccc(O)cc3)C(=O)O)n[nH]2)c1. The Balaban J connectivity index is 1.86. The average Bonchev–Trinajstić information content (AvgIpc) is 3.17. The van der Waals surface area contributed by atoms with Crippen LogP contribution in [0.15, 0.2) is 52.5 Å². The molecule has 0 amide bonds. The maximum absolute atomic E-state index is 11.6. The Labute approximate surface area is 164 Å². The van der Waals surface area contributed by atoms with Crippen LogP contribution in [0.2, 0.25) is 0 Å². The normalized spacial score (nSPS) is 11.3. The summed E-state index contributed by atoms with van der Waals surface area (Å²) in [7, 11) is 3.10. The van der Waals surface area contributed by atoms with Gasteiger partial charge in [-0.3, -0.25) is 5.10 Å². The molecule has 9 heteroatoms. The van der Waals surface area contributed by atoms with Gasteiger partial charge in [-0.1, -0.05) is 12.1 Å². The number of carboxylic acids is 1. The molecule has 0 aliphatic heterocycles. The summed E-state index contributed by atoms with van der Waals surface area (Å²) in [6.07, 6.45) is 1.48. The Morgan fingerprint density at radius 3 is 2.32 bits per heavy atom. The lowest BCUT2D eigenvalue weighted by molar-refractivity contribution is -0.131. The van der Waals surface area contributed by atoms with Gasteiger partial charge in [-0.05, 0) is 47.7 Å². The number of carbonyl (C=O) groups is 1.